The normalized spacial score (nSPS) is 16.7. The number of nitrogens with zero attached hydrogens (tertiary/aromatic N) is 1. The molecule has 2 aromatic carbocycles. The summed E-state index contributed by atoms with van der Waals surface area (Å²) in [4.78, 5) is 15.1. The number of nitrogens with one attached hydrogen (secondary N) is 1. The van der Waals surface area contributed by atoms with E-state index in [1.54, 1.807) is 44.2 Å². The molecule has 3 rings (SSSR count). The number of hydrogen-bond donors (Lipinski definition) is 1. The van der Waals surface area contributed by atoms with Crippen molar-refractivity contribution in [3.8, 4) is 11.5 Å². The van der Waals surface area contributed by atoms with Crippen molar-refractivity contribution >= 4 is 15.9 Å². The smallest absolute Gasteiger partial charge is 0.254 e. The van der Waals surface area contributed by atoms with E-state index in [9.17, 15) is 13.2 Å². The van der Waals surface area contributed by atoms with E-state index in [4.69, 9.17) is 9.47 Å². The zero-order chi connectivity index (χ0) is 21.0. The van der Waals surface area contributed by atoms with Crippen molar-refractivity contribution in [2.45, 2.75) is 30.7 Å². The summed E-state index contributed by atoms with van der Waals surface area (Å²) in [6, 6.07) is 11.6. The first-order valence-corrected chi connectivity index (χ1v) is 11.0. The molecule has 1 amide bonds. The second-order valence-electron chi connectivity index (χ2n) is 6.79. The van der Waals surface area contributed by atoms with Gasteiger partial charge in [0.05, 0.1) is 25.2 Å². The van der Waals surface area contributed by atoms with Gasteiger partial charge in [-0.15, -0.1) is 0 Å². The number of likely N-dealkylation sites (tertiary alicyclic amines) is 1. The van der Waals surface area contributed by atoms with E-state index in [2.05, 4.69) is 4.72 Å². The van der Waals surface area contributed by atoms with Gasteiger partial charge in [0.1, 0.15) is 11.5 Å². The highest BCUT2D eigenvalue weighted by atomic mass is 32.2. The lowest BCUT2D eigenvalue weighted by Crippen LogP contribution is -2.31. The molecule has 1 heterocycles. The van der Waals surface area contributed by atoms with E-state index in [1.165, 1.54) is 12.1 Å². The molecule has 1 saturated heterocycles. The van der Waals surface area contributed by atoms with Crippen molar-refractivity contribution in [3.63, 3.8) is 0 Å². The van der Waals surface area contributed by atoms with Gasteiger partial charge in [0, 0.05) is 30.3 Å². The predicted molar refractivity (Wildman–Crippen MR) is 110 cm³/mol. The minimum atomic E-state index is -3.63. The Morgan fingerprint density at radius 3 is 2.66 bits per heavy atom. The Hall–Kier alpha value is -2.58. The minimum absolute atomic E-state index is 0.0861. The van der Waals surface area contributed by atoms with Crippen LogP contribution in [-0.2, 0) is 10.0 Å². The fraction of sp³-hybridized carbons (Fsp3) is 0.381. The summed E-state index contributed by atoms with van der Waals surface area (Å²) >= 11 is 0. The van der Waals surface area contributed by atoms with Gasteiger partial charge in [0.25, 0.3) is 5.91 Å². The second-order valence-corrected chi connectivity index (χ2v) is 8.56. The van der Waals surface area contributed by atoms with Crippen LogP contribution in [0.1, 0.15) is 41.7 Å². The van der Waals surface area contributed by atoms with Crippen molar-refractivity contribution in [2.24, 2.45) is 0 Å². The summed E-state index contributed by atoms with van der Waals surface area (Å²) in [6.07, 6.45) is 1.67. The summed E-state index contributed by atoms with van der Waals surface area (Å²) in [5.74, 6) is 1.15. The third-order valence-electron chi connectivity index (χ3n) is 5.04. The van der Waals surface area contributed by atoms with Crippen LogP contribution in [-0.4, -0.2) is 46.5 Å². The molecule has 0 unspecified atom stereocenters. The SMILES string of the molecule is CCNS(=O)(=O)c1cccc(C(=O)N2CCC[C@@H]2c2ccc(OC)cc2OC)c1. The molecule has 7 nitrogen and oxygen atoms in total. The number of methoxy groups -OCH3 is 2. The number of sulfonamides is 1. The molecule has 0 bridgehead atoms. The first-order valence-electron chi connectivity index (χ1n) is 9.54. The Balaban J connectivity index is 1.92. The fourth-order valence-corrected chi connectivity index (χ4v) is 4.75. The molecule has 156 valence electrons. The third kappa shape index (κ3) is 4.38. The van der Waals surface area contributed by atoms with Crippen LogP contribution < -0.4 is 14.2 Å². The second kappa shape index (κ2) is 8.84. The molecule has 0 radical (unpaired) electrons. The van der Waals surface area contributed by atoms with E-state index in [0.717, 1.165) is 18.4 Å². The van der Waals surface area contributed by atoms with Crippen molar-refractivity contribution in [2.75, 3.05) is 27.3 Å². The predicted octanol–water partition coefficient (Wildman–Crippen LogP) is 2.98. The van der Waals surface area contributed by atoms with Gasteiger partial charge in [-0.25, -0.2) is 13.1 Å². The molecule has 1 fully saturated rings. The van der Waals surface area contributed by atoms with Crippen LogP contribution in [0.15, 0.2) is 47.4 Å². The highest BCUT2D eigenvalue weighted by molar-refractivity contribution is 7.89. The molecule has 2 aromatic rings. The summed E-state index contributed by atoms with van der Waals surface area (Å²) in [5.41, 5.74) is 1.26. The van der Waals surface area contributed by atoms with Crippen molar-refractivity contribution in [1.82, 2.24) is 9.62 Å². The molecule has 1 aliphatic rings. The first kappa shape index (κ1) is 21.1. The highest BCUT2D eigenvalue weighted by Crippen LogP contribution is 2.39. The van der Waals surface area contributed by atoms with Gasteiger partial charge < -0.3 is 14.4 Å². The number of ether oxygens (including phenoxy) is 2. The molecular formula is C21H26N2O5S. The van der Waals surface area contributed by atoms with Crippen molar-refractivity contribution in [3.05, 3.63) is 53.6 Å². The summed E-state index contributed by atoms with van der Waals surface area (Å²) < 4.78 is 37.8. The summed E-state index contributed by atoms with van der Waals surface area (Å²) in [7, 11) is -0.445. The van der Waals surface area contributed by atoms with Gasteiger partial charge in [-0.1, -0.05) is 13.0 Å². The molecule has 1 N–H and O–H groups in total. The van der Waals surface area contributed by atoms with Crippen LogP contribution in [0.2, 0.25) is 0 Å². The Labute approximate surface area is 171 Å². The van der Waals surface area contributed by atoms with Gasteiger partial charge in [0.15, 0.2) is 0 Å². The Bertz CT molecular complexity index is 990. The monoisotopic (exact) mass is 418 g/mol. The van der Waals surface area contributed by atoms with E-state index in [1.807, 2.05) is 12.1 Å². The number of hydrogen-bond acceptors (Lipinski definition) is 5. The quantitative estimate of drug-likeness (QED) is 0.747. The average molecular weight is 419 g/mol. The molecule has 0 aromatic heterocycles. The lowest BCUT2D eigenvalue weighted by atomic mass is 10.0. The number of rotatable bonds is 7. The van der Waals surface area contributed by atoms with Crippen LogP contribution in [0.25, 0.3) is 0 Å². The van der Waals surface area contributed by atoms with Gasteiger partial charge in [-0.05, 0) is 43.2 Å². The number of carbonyl (C=O) groups is 1. The van der Waals surface area contributed by atoms with Gasteiger partial charge in [-0.3, -0.25) is 4.79 Å². The van der Waals surface area contributed by atoms with Crippen molar-refractivity contribution < 1.29 is 22.7 Å². The standard InChI is InChI=1S/C21H26N2O5S/c1-4-22-29(25,26)17-8-5-7-15(13-17)21(24)23-12-6-9-19(23)18-11-10-16(27-2)14-20(18)28-3/h5,7-8,10-11,13-14,19,22H,4,6,9,12H2,1-3H3/t19-/m1/s1. The minimum Gasteiger partial charge on any atom is -0.497 e. The molecule has 0 spiro atoms. The molecule has 8 heteroatoms. The Kier molecular flexibility index (Phi) is 6.44. The zero-order valence-electron chi connectivity index (χ0n) is 16.8. The number of amides is 1. The highest BCUT2D eigenvalue weighted by Gasteiger charge is 2.33. The molecular weight excluding hydrogens is 392 g/mol. The molecule has 0 aliphatic carbocycles. The van der Waals surface area contributed by atoms with Crippen molar-refractivity contribution in [1.29, 1.82) is 0 Å². The van der Waals surface area contributed by atoms with Crippen LogP contribution in [0.4, 0.5) is 0 Å². The lowest BCUT2D eigenvalue weighted by molar-refractivity contribution is 0.0734. The van der Waals surface area contributed by atoms with Crippen LogP contribution in [0, 0.1) is 0 Å². The van der Waals surface area contributed by atoms with E-state index < -0.39 is 10.0 Å². The lowest BCUT2D eigenvalue weighted by Gasteiger charge is -2.27. The maximum Gasteiger partial charge on any atom is 0.254 e. The maximum absolute atomic E-state index is 13.2. The Morgan fingerprint density at radius 2 is 1.97 bits per heavy atom. The molecule has 1 atom stereocenters. The molecule has 0 saturated carbocycles. The largest absolute Gasteiger partial charge is 0.497 e. The van der Waals surface area contributed by atoms with Crippen LogP contribution in [0.3, 0.4) is 0 Å². The van der Waals surface area contributed by atoms with Gasteiger partial charge in [0.2, 0.25) is 10.0 Å². The average Bonchev–Trinajstić information content (AvgIpc) is 3.22. The van der Waals surface area contributed by atoms with Gasteiger partial charge >= 0.3 is 0 Å². The fourth-order valence-electron chi connectivity index (χ4n) is 3.66. The number of carbonyl (C=O) groups excluding carboxylic acids is 1. The van der Waals surface area contributed by atoms with E-state index in [0.29, 0.717) is 23.6 Å². The molecule has 29 heavy (non-hydrogen) atoms. The third-order valence-corrected chi connectivity index (χ3v) is 6.58. The zero-order valence-corrected chi connectivity index (χ0v) is 17.7. The maximum atomic E-state index is 13.2. The first-order chi connectivity index (χ1) is 13.9. The summed E-state index contributed by atoms with van der Waals surface area (Å²) in [5, 5.41) is 0. The topological polar surface area (TPSA) is 84.9 Å². The molecule has 1 aliphatic heterocycles. The summed E-state index contributed by atoms with van der Waals surface area (Å²) in [6.45, 7) is 2.60. The van der Waals surface area contributed by atoms with Gasteiger partial charge in [-0.2, -0.15) is 0 Å². The van der Waals surface area contributed by atoms with Crippen LogP contribution >= 0.6 is 0 Å². The number of benzene rings is 2. The van der Waals surface area contributed by atoms with Crippen LogP contribution in [0.5, 0.6) is 11.5 Å². The Morgan fingerprint density at radius 1 is 1.17 bits per heavy atom. The van der Waals surface area contributed by atoms with E-state index >= 15 is 0 Å². The van der Waals surface area contributed by atoms with E-state index in [-0.39, 0.29) is 23.4 Å².